The topological polar surface area (TPSA) is 64.0 Å². The molecule has 5 nitrogen and oxygen atoms in total. The zero-order valence-electron chi connectivity index (χ0n) is 15.9. The van der Waals surface area contributed by atoms with Crippen molar-refractivity contribution in [2.45, 2.75) is 6.92 Å². The minimum atomic E-state index is -0.263. The molecule has 0 radical (unpaired) electrons. The summed E-state index contributed by atoms with van der Waals surface area (Å²) in [6.07, 6.45) is 0. The van der Waals surface area contributed by atoms with Crippen LogP contribution in [0.2, 0.25) is 0 Å². The summed E-state index contributed by atoms with van der Waals surface area (Å²) in [6, 6.07) is 27.1. The lowest BCUT2D eigenvalue weighted by molar-refractivity contribution is 0.101. The normalized spacial score (nSPS) is 10.5. The SMILES string of the molecule is Cc1cc(NC(=O)c2ccc(C(=O)c3ccccc3)cc2)n(-c2ccccc2)n1. The van der Waals surface area contributed by atoms with E-state index in [9.17, 15) is 9.59 Å². The largest absolute Gasteiger partial charge is 0.306 e. The fourth-order valence-electron chi connectivity index (χ4n) is 3.07. The van der Waals surface area contributed by atoms with Crippen LogP contribution >= 0.6 is 0 Å². The molecule has 0 aliphatic rings. The molecule has 1 aromatic heterocycles. The summed E-state index contributed by atoms with van der Waals surface area (Å²) in [6.45, 7) is 1.87. The van der Waals surface area contributed by atoms with E-state index in [0.29, 0.717) is 22.5 Å². The molecule has 1 N–H and O–H groups in total. The van der Waals surface area contributed by atoms with Gasteiger partial charge < -0.3 is 5.32 Å². The predicted octanol–water partition coefficient (Wildman–Crippen LogP) is 4.66. The number of nitrogens with one attached hydrogen (secondary N) is 1. The van der Waals surface area contributed by atoms with E-state index in [4.69, 9.17) is 0 Å². The van der Waals surface area contributed by atoms with Crippen LogP contribution in [0.5, 0.6) is 0 Å². The van der Waals surface area contributed by atoms with Crippen molar-refractivity contribution in [3.05, 3.63) is 113 Å². The van der Waals surface area contributed by atoms with Crippen LogP contribution in [0.15, 0.2) is 91.0 Å². The van der Waals surface area contributed by atoms with E-state index in [1.165, 1.54) is 0 Å². The van der Waals surface area contributed by atoms with E-state index < -0.39 is 0 Å². The van der Waals surface area contributed by atoms with Gasteiger partial charge in [0.1, 0.15) is 5.82 Å². The predicted molar refractivity (Wildman–Crippen MR) is 113 cm³/mol. The summed E-state index contributed by atoms with van der Waals surface area (Å²) in [4.78, 5) is 25.2. The van der Waals surface area contributed by atoms with Gasteiger partial charge in [-0.3, -0.25) is 9.59 Å². The van der Waals surface area contributed by atoms with Gasteiger partial charge in [-0.05, 0) is 31.2 Å². The number of carbonyl (C=O) groups is 2. The first-order chi connectivity index (χ1) is 14.1. The maximum atomic E-state index is 12.7. The van der Waals surface area contributed by atoms with Gasteiger partial charge in [-0.25, -0.2) is 4.68 Å². The van der Waals surface area contributed by atoms with Crippen molar-refractivity contribution in [2.24, 2.45) is 0 Å². The van der Waals surface area contributed by atoms with Gasteiger partial charge in [-0.1, -0.05) is 60.7 Å². The van der Waals surface area contributed by atoms with E-state index in [1.807, 2.05) is 61.5 Å². The monoisotopic (exact) mass is 381 g/mol. The molecule has 0 aliphatic carbocycles. The summed E-state index contributed by atoms with van der Waals surface area (Å²) < 4.78 is 1.69. The molecule has 4 aromatic rings. The van der Waals surface area contributed by atoms with Gasteiger partial charge in [0, 0.05) is 22.8 Å². The lowest BCUT2D eigenvalue weighted by Gasteiger charge is -2.09. The average Bonchev–Trinajstić information content (AvgIpc) is 3.14. The van der Waals surface area contributed by atoms with Gasteiger partial charge in [0.15, 0.2) is 5.78 Å². The van der Waals surface area contributed by atoms with Crippen LogP contribution < -0.4 is 5.32 Å². The third kappa shape index (κ3) is 3.99. The molecule has 0 saturated carbocycles. The molecule has 0 atom stereocenters. The van der Waals surface area contributed by atoms with Gasteiger partial charge in [0.05, 0.1) is 11.4 Å². The molecule has 5 heteroatoms. The number of aryl methyl sites for hydroxylation is 1. The summed E-state index contributed by atoms with van der Waals surface area (Å²) >= 11 is 0. The van der Waals surface area contributed by atoms with Crippen molar-refractivity contribution < 1.29 is 9.59 Å². The highest BCUT2D eigenvalue weighted by Crippen LogP contribution is 2.18. The number of aromatic nitrogens is 2. The van der Waals surface area contributed by atoms with Crippen LogP contribution in [0.25, 0.3) is 5.69 Å². The smallest absolute Gasteiger partial charge is 0.256 e. The zero-order valence-corrected chi connectivity index (χ0v) is 15.9. The Bertz CT molecular complexity index is 1150. The standard InChI is InChI=1S/C24H19N3O2/c1-17-16-22(27(26-17)21-10-6-3-7-11-21)25-24(29)20-14-12-19(13-15-20)23(28)18-8-4-2-5-9-18/h2-16H,1H3,(H,25,29). The van der Waals surface area contributed by atoms with Gasteiger partial charge in [-0.2, -0.15) is 5.10 Å². The number of benzene rings is 3. The number of amides is 1. The molecule has 0 saturated heterocycles. The fourth-order valence-corrected chi connectivity index (χ4v) is 3.07. The average molecular weight is 381 g/mol. The fraction of sp³-hybridized carbons (Fsp3) is 0.0417. The lowest BCUT2D eigenvalue weighted by atomic mass is 10.0. The Morgan fingerprint density at radius 1 is 0.759 bits per heavy atom. The van der Waals surface area contributed by atoms with Crippen LogP contribution in [0.1, 0.15) is 32.0 Å². The van der Waals surface area contributed by atoms with Crippen molar-refractivity contribution in [3.63, 3.8) is 0 Å². The molecule has 0 unspecified atom stereocenters. The Kier molecular flexibility index (Phi) is 5.03. The molecule has 0 fully saturated rings. The van der Waals surface area contributed by atoms with E-state index >= 15 is 0 Å². The minimum absolute atomic E-state index is 0.0738. The maximum Gasteiger partial charge on any atom is 0.256 e. The Morgan fingerprint density at radius 3 is 1.97 bits per heavy atom. The van der Waals surface area contributed by atoms with Gasteiger partial charge in [-0.15, -0.1) is 0 Å². The van der Waals surface area contributed by atoms with E-state index in [1.54, 1.807) is 41.1 Å². The third-order valence-electron chi connectivity index (χ3n) is 4.52. The summed E-state index contributed by atoms with van der Waals surface area (Å²) in [5, 5.41) is 7.36. The van der Waals surface area contributed by atoms with E-state index in [2.05, 4.69) is 10.4 Å². The zero-order chi connectivity index (χ0) is 20.2. The van der Waals surface area contributed by atoms with Crippen LogP contribution in [0.4, 0.5) is 5.82 Å². The number of carbonyl (C=O) groups excluding carboxylic acids is 2. The first-order valence-corrected chi connectivity index (χ1v) is 9.25. The highest BCUT2D eigenvalue weighted by molar-refractivity contribution is 6.10. The minimum Gasteiger partial charge on any atom is -0.306 e. The highest BCUT2D eigenvalue weighted by atomic mass is 16.1. The number of para-hydroxylation sites is 1. The molecule has 3 aromatic carbocycles. The molecule has 4 rings (SSSR count). The van der Waals surface area contributed by atoms with Crippen molar-refractivity contribution in [1.82, 2.24) is 9.78 Å². The number of hydrogen-bond acceptors (Lipinski definition) is 3. The second-order valence-corrected chi connectivity index (χ2v) is 6.64. The van der Waals surface area contributed by atoms with Crippen molar-refractivity contribution in [3.8, 4) is 5.69 Å². The summed E-state index contributed by atoms with van der Waals surface area (Å²) in [5.41, 5.74) is 3.28. The second-order valence-electron chi connectivity index (χ2n) is 6.64. The quantitative estimate of drug-likeness (QED) is 0.511. The van der Waals surface area contributed by atoms with Gasteiger partial charge in [0.25, 0.3) is 5.91 Å². The van der Waals surface area contributed by atoms with Crippen LogP contribution in [0.3, 0.4) is 0 Å². The Labute approximate surface area is 168 Å². The van der Waals surface area contributed by atoms with E-state index in [0.717, 1.165) is 11.4 Å². The van der Waals surface area contributed by atoms with Gasteiger partial charge in [0.2, 0.25) is 0 Å². The molecule has 1 amide bonds. The number of ketones is 1. The molecule has 0 aliphatic heterocycles. The Morgan fingerprint density at radius 2 is 1.31 bits per heavy atom. The molecule has 1 heterocycles. The summed E-state index contributed by atoms with van der Waals surface area (Å²) in [5.74, 6) is 0.249. The van der Waals surface area contributed by atoms with Crippen LogP contribution in [0, 0.1) is 6.92 Å². The highest BCUT2D eigenvalue weighted by Gasteiger charge is 2.14. The van der Waals surface area contributed by atoms with Crippen molar-refractivity contribution in [2.75, 3.05) is 5.32 Å². The number of nitrogens with zero attached hydrogens (tertiary/aromatic N) is 2. The molecule has 0 spiro atoms. The first-order valence-electron chi connectivity index (χ1n) is 9.25. The molecule has 0 bridgehead atoms. The molecular weight excluding hydrogens is 362 g/mol. The lowest BCUT2D eigenvalue weighted by Crippen LogP contribution is -2.15. The Hall–Kier alpha value is -3.99. The third-order valence-corrected chi connectivity index (χ3v) is 4.52. The molecular formula is C24H19N3O2. The van der Waals surface area contributed by atoms with Crippen molar-refractivity contribution >= 4 is 17.5 Å². The number of anilines is 1. The van der Waals surface area contributed by atoms with Gasteiger partial charge >= 0.3 is 0 Å². The Balaban J connectivity index is 1.54. The van der Waals surface area contributed by atoms with E-state index in [-0.39, 0.29) is 11.7 Å². The summed E-state index contributed by atoms with van der Waals surface area (Å²) in [7, 11) is 0. The number of hydrogen-bond donors (Lipinski definition) is 1. The van der Waals surface area contributed by atoms with Crippen LogP contribution in [-0.4, -0.2) is 21.5 Å². The molecule has 142 valence electrons. The van der Waals surface area contributed by atoms with Crippen LogP contribution in [-0.2, 0) is 0 Å². The second kappa shape index (κ2) is 7.94. The first kappa shape index (κ1) is 18.4. The van der Waals surface area contributed by atoms with Crippen molar-refractivity contribution in [1.29, 1.82) is 0 Å². The molecule has 29 heavy (non-hydrogen) atoms. The number of rotatable bonds is 5. The maximum absolute atomic E-state index is 12.7.